The number of sulfonamides is 1. The van der Waals surface area contributed by atoms with E-state index in [0.29, 0.717) is 6.54 Å². The van der Waals surface area contributed by atoms with Crippen molar-refractivity contribution in [3.05, 3.63) is 29.8 Å². The molecule has 0 saturated carbocycles. The van der Waals surface area contributed by atoms with Crippen LogP contribution in [0.1, 0.15) is 31.7 Å². The summed E-state index contributed by atoms with van der Waals surface area (Å²) in [6.07, 6.45) is 1.92. The lowest BCUT2D eigenvalue weighted by atomic mass is 9.97. The first-order chi connectivity index (χ1) is 10.7. The van der Waals surface area contributed by atoms with E-state index in [-0.39, 0.29) is 17.9 Å². The molecule has 1 aliphatic heterocycles. The first kappa shape index (κ1) is 17.7. The van der Waals surface area contributed by atoms with Crippen molar-refractivity contribution in [1.29, 1.82) is 0 Å². The molecule has 3 atom stereocenters. The molecule has 2 rings (SSSR count). The minimum atomic E-state index is -3.40. The molecule has 1 saturated heterocycles. The maximum Gasteiger partial charge on any atom is 0.240 e. The summed E-state index contributed by atoms with van der Waals surface area (Å²) in [5, 5.41) is 0. The van der Waals surface area contributed by atoms with Gasteiger partial charge in [0, 0.05) is 18.5 Å². The third-order valence-corrected chi connectivity index (χ3v) is 4.99. The number of carbonyl (C=O) groups excluding carboxylic acids is 1. The van der Waals surface area contributed by atoms with E-state index in [4.69, 9.17) is 4.74 Å². The Balaban J connectivity index is 2.06. The largest absolute Gasteiger partial charge is 0.497 e. The number of hydrogen-bond acceptors (Lipinski definition) is 4. The van der Waals surface area contributed by atoms with Crippen molar-refractivity contribution in [3.8, 4) is 5.75 Å². The molecule has 7 heteroatoms. The molecule has 1 amide bonds. The predicted octanol–water partition coefficient (Wildman–Crippen LogP) is 1.34. The SMILES string of the molecule is COc1ccc([C@@H]2C[C@@H](C)N(C(=O)[C@@H](C)NS(C)(=O)=O)C2)cc1. The Morgan fingerprint density at radius 2 is 1.96 bits per heavy atom. The lowest BCUT2D eigenvalue weighted by molar-refractivity contribution is -0.133. The van der Waals surface area contributed by atoms with Gasteiger partial charge in [0.2, 0.25) is 15.9 Å². The molecule has 128 valence electrons. The fraction of sp³-hybridized carbons (Fsp3) is 0.562. The summed E-state index contributed by atoms with van der Waals surface area (Å²) in [5.41, 5.74) is 1.16. The van der Waals surface area contributed by atoms with Crippen molar-refractivity contribution >= 4 is 15.9 Å². The Morgan fingerprint density at radius 3 is 2.48 bits per heavy atom. The van der Waals surface area contributed by atoms with Gasteiger partial charge in [0.25, 0.3) is 0 Å². The predicted molar refractivity (Wildman–Crippen MR) is 89.0 cm³/mol. The Bertz CT molecular complexity index is 657. The van der Waals surface area contributed by atoms with E-state index in [2.05, 4.69) is 4.72 Å². The Hall–Kier alpha value is -1.60. The summed E-state index contributed by atoms with van der Waals surface area (Å²) in [5.74, 6) is 0.878. The van der Waals surface area contributed by atoms with Crippen molar-refractivity contribution in [2.75, 3.05) is 19.9 Å². The average Bonchev–Trinajstić information content (AvgIpc) is 2.86. The molecule has 6 nitrogen and oxygen atoms in total. The molecule has 0 unspecified atom stereocenters. The molecule has 0 radical (unpaired) electrons. The van der Waals surface area contributed by atoms with Crippen LogP contribution in [0.15, 0.2) is 24.3 Å². The molecule has 1 fully saturated rings. The molecule has 0 spiro atoms. The second kappa shape index (κ2) is 6.88. The van der Waals surface area contributed by atoms with Crippen LogP contribution in [-0.2, 0) is 14.8 Å². The van der Waals surface area contributed by atoms with Gasteiger partial charge < -0.3 is 9.64 Å². The van der Waals surface area contributed by atoms with Gasteiger partial charge in [-0.05, 0) is 38.0 Å². The number of carbonyl (C=O) groups is 1. The number of amides is 1. The molecule has 1 heterocycles. The minimum absolute atomic E-state index is 0.0819. The van der Waals surface area contributed by atoms with Crippen LogP contribution in [0, 0.1) is 0 Å². The second-order valence-electron chi connectivity index (χ2n) is 6.16. The highest BCUT2D eigenvalue weighted by Gasteiger charge is 2.35. The third kappa shape index (κ3) is 4.45. The number of nitrogens with zero attached hydrogens (tertiary/aromatic N) is 1. The smallest absolute Gasteiger partial charge is 0.240 e. The molecule has 1 N–H and O–H groups in total. The van der Waals surface area contributed by atoms with Crippen molar-refractivity contribution in [3.63, 3.8) is 0 Å². The van der Waals surface area contributed by atoms with Gasteiger partial charge in [0.1, 0.15) is 5.75 Å². The Kier molecular flexibility index (Phi) is 5.31. The van der Waals surface area contributed by atoms with E-state index in [0.717, 1.165) is 24.0 Å². The van der Waals surface area contributed by atoms with Crippen LogP contribution < -0.4 is 9.46 Å². The van der Waals surface area contributed by atoms with Crippen LogP contribution in [0.5, 0.6) is 5.75 Å². The van der Waals surface area contributed by atoms with Crippen molar-refractivity contribution < 1.29 is 17.9 Å². The fourth-order valence-corrected chi connectivity index (χ4v) is 3.82. The monoisotopic (exact) mass is 340 g/mol. The van der Waals surface area contributed by atoms with Gasteiger partial charge in [-0.25, -0.2) is 13.1 Å². The number of methoxy groups -OCH3 is 1. The van der Waals surface area contributed by atoms with Gasteiger partial charge >= 0.3 is 0 Å². The normalized spacial score (nSPS) is 22.9. The summed E-state index contributed by atoms with van der Waals surface area (Å²) in [6.45, 7) is 4.17. The van der Waals surface area contributed by atoms with E-state index in [1.807, 2.05) is 31.2 Å². The molecule has 1 aromatic rings. The van der Waals surface area contributed by atoms with Crippen LogP contribution in [0.3, 0.4) is 0 Å². The van der Waals surface area contributed by atoms with Crippen LogP contribution in [0.4, 0.5) is 0 Å². The van der Waals surface area contributed by atoms with Gasteiger partial charge in [-0.15, -0.1) is 0 Å². The van der Waals surface area contributed by atoms with E-state index >= 15 is 0 Å². The zero-order valence-corrected chi connectivity index (χ0v) is 14.8. The van der Waals surface area contributed by atoms with Gasteiger partial charge in [-0.3, -0.25) is 4.79 Å². The van der Waals surface area contributed by atoms with E-state index in [9.17, 15) is 13.2 Å². The molecular weight excluding hydrogens is 316 g/mol. The quantitative estimate of drug-likeness (QED) is 0.877. The van der Waals surface area contributed by atoms with Crippen molar-refractivity contribution in [2.24, 2.45) is 0 Å². The number of benzene rings is 1. The summed E-state index contributed by atoms with van der Waals surface area (Å²) in [7, 11) is -1.77. The highest BCUT2D eigenvalue weighted by molar-refractivity contribution is 7.88. The van der Waals surface area contributed by atoms with Gasteiger partial charge in [0.15, 0.2) is 0 Å². The second-order valence-corrected chi connectivity index (χ2v) is 7.94. The van der Waals surface area contributed by atoms with Gasteiger partial charge in [-0.2, -0.15) is 0 Å². The standard InChI is InChI=1S/C16H24N2O4S/c1-11-9-14(13-5-7-15(22-3)8-6-13)10-18(11)16(19)12(2)17-23(4,20)21/h5-8,11-12,14,17H,9-10H2,1-4H3/t11-,12-,14-/m1/s1. The van der Waals surface area contributed by atoms with Crippen molar-refractivity contribution in [1.82, 2.24) is 9.62 Å². The van der Waals surface area contributed by atoms with Gasteiger partial charge in [0.05, 0.1) is 19.4 Å². The maximum atomic E-state index is 12.5. The molecule has 23 heavy (non-hydrogen) atoms. The molecule has 0 bridgehead atoms. The lowest BCUT2D eigenvalue weighted by Crippen LogP contribution is -2.47. The van der Waals surface area contributed by atoms with Crippen LogP contribution >= 0.6 is 0 Å². The fourth-order valence-electron chi connectivity index (χ4n) is 3.08. The summed E-state index contributed by atoms with van der Waals surface area (Å²) >= 11 is 0. The first-order valence-electron chi connectivity index (χ1n) is 7.63. The van der Waals surface area contributed by atoms with E-state index in [1.54, 1.807) is 18.9 Å². The first-order valence-corrected chi connectivity index (χ1v) is 9.52. The highest BCUT2D eigenvalue weighted by atomic mass is 32.2. The van der Waals surface area contributed by atoms with Gasteiger partial charge in [-0.1, -0.05) is 12.1 Å². The number of rotatable bonds is 5. The zero-order valence-electron chi connectivity index (χ0n) is 13.9. The molecule has 1 aliphatic rings. The minimum Gasteiger partial charge on any atom is -0.497 e. The Morgan fingerprint density at radius 1 is 1.35 bits per heavy atom. The number of nitrogens with one attached hydrogen (secondary N) is 1. The molecule has 0 aromatic heterocycles. The average molecular weight is 340 g/mol. The number of ether oxygens (including phenoxy) is 1. The van der Waals surface area contributed by atoms with Crippen LogP contribution in [0.2, 0.25) is 0 Å². The van der Waals surface area contributed by atoms with Crippen LogP contribution in [-0.4, -0.2) is 51.2 Å². The van der Waals surface area contributed by atoms with E-state index in [1.165, 1.54) is 0 Å². The highest BCUT2D eigenvalue weighted by Crippen LogP contribution is 2.32. The summed E-state index contributed by atoms with van der Waals surface area (Å²) in [4.78, 5) is 14.3. The molecule has 0 aliphatic carbocycles. The van der Waals surface area contributed by atoms with Crippen LogP contribution in [0.25, 0.3) is 0 Å². The molecular formula is C16H24N2O4S. The summed E-state index contributed by atoms with van der Waals surface area (Å²) in [6, 6.07) is 7.20. The number of hydrogen-bond donors (Lipinski definition) is 1. The maximum absolute atomic E-state index is 12.5. The number of likely N-dealkylation sites (tertiary alicyclic amines) is 1. The summed E-state index contributed by atoms with van der Waals surface area (Å²) < 4.78 is 30.1. The molecule has 1 aromatic carbocycles. The zero-order chi connectivity index (χ0) is 17.2. The topological polar surface area (TPSA) is 75.7 Å². The van der Waals surface area contributed by atoms with E-state index < -0.39 is 16.1 Å². The third-order valence-electron chi connectivity index (χ3n) is 4.21. The lowest BCUT2D eigenvalue weighted by Gasteiger charge is -2.25. The Labute approximate surface area is 137 Å². The van der Waals surface area contributed by atoms with Crippen molar-refractivity contribution in [2.45, 2.75) is 38.3 Å².